The van der Waals surface area contributed by atoms with E-state index in [9.17, 15) is 18.0 Å². The maximum Gasteiger partial charge on any atom is 0.257 e. The molecule has 0 spiro atoms. The molecule has 176 valence electrons. The minimum absolute atomic E-state index is 0.0480. The average Bonchev–Trinajstić information content (AvgIpc) is 3.57. The van der Waals surface area contributed by atoms with Crippen LogP contribution in [0.25, 0.3) is 0 Å². The standard InChI is InChI=1S/C24H28N2O6S/c1-4-32-21-12-16(10-11-20(21)31-2)19(14-33(3,29)30)26-13-17-6-5-7-18(22(17)24(26)28)25-23(27)15-8-9-15/h5-7,10-12,15,19H,4,8-9,13-14H2,1-3H3,(H,25,27)/t19-/m1/s1/i6D. The Hall–Kier alpha value is -3.07. The number of carbonyl (C=O) groups is 2. The molecular formula is C24H28N2O6S. The van der Waals surface area contributed by atoms with Crippen LogP contribution in [-0.2, 0) is 21.2 Å². The maximum absolute atomic E-state index is 13.6. The van der Waals surface area contributed by atoms with Gasteiger partial charge >= 0.3 is 0 Å². The zero-order valence-electron chi connectivity index (χ0n) is 19.9. The van der Waals surface area contributed by atoms with Crippen LogP contribution >= 0.6 is 0 Å². The molecule has 33 heavy (non-hydrogen) atoms. The molecule has 1 fully saturated rings. The van der Waals surface area contributed by atoms with Crippen molar-refractivity contribution < 1.29 is 28.9 Å². The highest BCUT2D eigenvalue weighted by molar-refractivity contribution is 7.90. The van der Waals surface area contributed by atoms with Gasteiger partial charge in [0.15, 0.2) is 11.5 Å². The van der Waals surface area contributed by atoms with Gasteiger partial charge in [-0.15, -0.1) is 0 Å². The van der Waals surface area contributed by atoms with Crippen molar-refractivity contribution in [3.8, 4) is 11.5 Å². The quantitative estimate of drug-likeness (QED) is 0.600. The highest BCUT2D eigenvalue weighted by Crippen LogP contribution is 2.39. The normalized spacial score (nSPS) is 16.8. The van der Waals surface area contributed by atoms with Crippen LogP contribution in [0.2, 0.25) is 0 Å². The summed E-state index contributed by atoms with van der Waals surface area (Å²) in [5, 5.41) is 2.83. The van der Waals surface area contributed by atoms with E-state index in [1.54, 1.807) is 30.3 Å². The van der Waals surface area contributed by atoms with E-state index in [1.807, 2.05) is 6.92 Å². The van der Waals surface area contributed by atoms with Crippen LogP contribution < -0.4 is 14.8 Å². The van der Waals surface area contributed by atoms with Gasteiger partial charge in [0.2, 0.25) is 5.91 Å². The third-order valence-electron chi connectivity index (χ3n) is 5.80. The van der Waals surface area contributed by atoms with E-state index in [1.165, 1.54) is 12.0 Å². The topological polar surface area (TPSA) is 102 Å². The van der Waals surface area contributed by atoms with E-state index in [-0.39, 0.29) is 35.7 Å². The van der Waals surface area contributed by atoms with Crippen molar-refractivity contribution >= 4 is 27.3 Å². The zero-order valence-corrected chi connectivity index (χ0v) is 19.7. The Kier molecular flexibility index (Phi) is 5.97. The van der Waals surface area contributed by atoms with Crippen molar-refractivity contribution in [2.24, 2.45) is 5.92 Å². The van der Waals surface area contributed by atoms with Crippen molar-refractivity contribution in [1.29, 1.82) is 0 Å². The molecule has 0 unspecified atom stereocenters. The molecule has 1 heterocycles. The number of nitrogens with one attached hydrogen (secondary N) is 1. The first-order valence-corrected chi connectivity index (χ1v) is 12.9. The van der Waals surface area contributed by atoms with E-state index in [0.29, 0.717) is 34.9 Å². The molecule has 4 rings (SSSR count). The smallest absolute Gasteiger partial charge is 0.257 e. The van der Waals surface area contributed by atoms with Crippen molar-refractivity contribution in [2.45, 2.75) is 32.4 Å². The van der Waals surface area contributed by atoms with E-state index in [0.717, 1.165) is 19.1 Å². The second-order valence-electron chi connectivity index (χ2n) is 8.39. The summed E-state index contributed by atoms with van der Waals surface area (Å²) in [6, 6.07) is 7.54. The van der Waals surface area contributed by atoms with Gasteiger partial charge in [0, 0.05) is 18.7 Å². The predicted octanol–water partition coefficient (Wildman–Crippen LogP) is 3.18. The van der Waals surface area contributed by atoms with Gasteiger partial charge in [0.25, 0.3) is 5.91 Å². The SMILES string of the molecule is [2H]c1ccc(NC(=O)C2CC2)c2c1CN([C@H](CS(C)(=O)=O)c1ccc(OC)c(OCC)c1)C2=O. The molecule has 8 nitrogen and oxygen atoms in total. The first kappa shape index (κ1) is 21.8. The molecule has 1 atom stereocenters. The summed E-state index contributed by atoms with van der Waals surface area (Å²) in [7, 11) is -1.97. The van der Waals surface area contributed by atoms with E-state index < -0.39 is 21.8 Å². The molecule has 9 heteroatoms. The first-order valence-electron chi connectivity index (χ1n) is 11.4. The Balaban J connectivity index is 1.74. The van der Waals surface area contributed by atoms with Gasteiger partial charge in [-0.3, -0.25) is 9.59 Å². The number of amides is 2. The number of nitrogens with zero attached hydrogens (tertiary/aromatic N) is 1. The lowest BCUT2D eigenvalue weighted by atomic mass is 10.1. The molecule has 0 saturated heterocycles. The summed E-state index contributed by atoms with van der Waals surface area (Å²) in [5.41, 5.74) is 1.65. The molecule has 2 aliphatic rings. The van der Waals surface area contributed by atoms with Crippen LogP contribution in [-0.4, -0.2) is 50.9 Å². The fraction of sp³-hybridized carbons (Fsp3) is 0.417. The molecule has 1 aliphatic carbocycles. The summed E-state index contributed by atoms with van der Waals surface area (Å²) >= 11 is 0. The Bertz CT molecular complexity index is 1240. The zero-order chi connectivity index (χ0) is 24.6. The average molecular weight is 474 g/mol. The lowest BCUT2D eigenvalue weighted by Crippen LogP contribution is -2.34. The van der Waals surface area contributed by atoms with Crippen LogP contribution in [0, 0.1) is 5.92 Å². The molecule has 1 aliphatic heterocycles. The fourth-order valence-corrected chi connectivity index (χ4v) is 5.00. The second-order valence-corrected chi connectivity index (χ2v) is 10.6. The summed E-state index contributed by atoms with van der Waals surface area (Å²) < 4.78 is 44.0. The van der Waals surface area contributed by atoms with Crippen LogP contribution in [0.3, 0.4) is 0 Å². The molecule has 2 amide bonds. The minimum atomic E-state index is -3.49. The number of fused-ring (bicyclic) bond motifs is 1. The molecule has 2 aromatic rings. The molecular weight excluding hydrogens is 444 g/mol. The largest absolute Gasteiger partial charge is 0.493 e. The number of rotatable bonds is 9. The number of ether oxygens (including phenoxy) is 2. The molecule has 0 aromatic heterocycles. The fourth-order valence-electron chi connectivity index (χ4n) is 4.06. The number of hydrogen-bond donors (Lipinski definition) is 1. The lowest BCUT2D eigenvalue weighted by Gasteiger charge is -2.28. The van der Waals surface area contributed by atoms with Gasteiger partial charge in [-0.1, -0.05) is 18.2 Å². The lowest BCUT2D eigenvalue weighted by molar-refractivity contribution is -0.117. The molecule has 0 radical (unpaired) electrons. The number of methoxy groups -OCH3 is 1. The van der Waals surface area contributed by atoms with E-state index in [4.69, 9.17) is 10.8 Å². The van der Waals surface area contributed by atoms with Gasteiger partial charge in [0.05, 0.1) is 38.1 Å². The van der Waals surface area contributed by atoms with Crippen LogP contribution in [0.1, 0.15) is 48.7 Å². The summed E-state index contributed by atoms with van der Waals surface area (Å²) in [6.07, 6.45) is 2.76. The number of anilines is 1. The van der Waals surface area contributed by atoms with Crippen molar-refractivity contribution in [3.63, 3.8) is 0 Å². The van der Waals surface area contributed by atoms with Crippen molar-refractivity contribution in [1.82, 2.24) is 4.90 Å². The molecule has 2 aromatic carbocycles. The molecule has 1 saturated carbocycles. The van der Waals surface area contributed by atoms with Gasteiger partial charge < -0.3 is 19.7 Å². The van der Waals surface area contributed by atoms with Gasteiger partial charge in [0.1, 0.15) is 9.84 Å². The second kappa shape index (κ2) is 9.05. The van der Waals surface area contributed by atoms with Gasteiger partial charge in [-0.05, 0) is 49.1 Å². The van der Waals surface area contributed by atoms with E-state index in [2.05, 4.69) is 5.32 Å². The highest BCUT2D eigenvalue weighted by Gasteiger charge is 2.38. The Morgan fingerprint density at radius 2 is 2.06 bits per heavy atom. The Morgan fingerprint density at radius 3 is 2.70 bits per heavy atom. The summed E-state index contributed by atoms with van der Waals surface area (Å²) in [4.78, 5) is 27.4. The van der Waals surface area contributed by atoms with Crippen LogP contribution in [0.15, 0.2) is 36.4 Å². The van der Waals surface area contributed by atoms with Gasteiger partial charge in [-0.25, -0.2) is 8.42 Å². The first-order chi connectivity index (χ1) is 16.1. The Labute approximate surface area is 195 Å². The monoisotopic (exact) mass is 473 g/mol. The Morgan fingerprint density at radius 1 is 1.30 bits per heavy atom. The van der Waals surface area contributed by atoms with Crippen LogP contribution in [0.4, 0.5) is 5.69 Å². The van der Waals surface area contributed by atoms with E-state index >= 15 is 0 Å². The molecule has 1 N–H and O–H groups in total. The van der Waals surface area contributed by atoms with Crippen LogP contribution in [0.5, 0.6) is 11.5 Å². The molecule has 0 bridgehead atoms. The number of carbonyl (C=O) groups excluding carboxylic acids is 2. The highest BCUT2D eigenvalue weighted by atomic mass is 32.2. The predicted molar refractivity (Wildman–Crippen MR) is 124 cm³/mol. The minimum Gasteiger partial charge on any atom is -0.493 e. The summed E-state index contributed by atoms with van der Waals surface area (Å²) in [5.74, 6) is 0.0324. The number of benzene rings is 2. The van der Waals surface area contributed by atoms with Gasteiger partial charge in [-0.2, -0.15) is 0 Å². The third-order valence-corrected chi connectivity index (χ3v) is 6.72. The van der Waals surface area contributed by atoms with Crippen molar-refractivity contribution in [3.05, 3.63) is 53.1 Å². The van der Waals surface area contributed by atoms with Crippen molar-refractivity contribution in [2.75, 3.05) is 31.0 Å². The number of sulfone groups is 1. The summed E-state index contributed by atoms with van der Waals surface area (Å²) in [6.45, 7) is 2.28. The maximum atomic E-state index is 13.6. The number of hydrogen-bond acceptors (Lipinski definition) is 6. The third kappa shape index (κ3) is 4.98.